The van der Waals surface area contributed by atoms with Gasteiger partial charge in [-0.3, -0.25) is 4.72 Å². The fraction of sp³-hybridized carbons (Fsp3) is 0.235. The molecule has 0 radical (unpaired) electrons. The van der Waals surface area contributed by atoms with Crippen molar-refractivity contribution in [1.29, 1.82) is 0 Å². The molecular weight excluding hydrogens is 360 g/mol. The molecule has 0 unspecified atom stereocenters. The molecule has 0 saturated heterocycles. The number of thiazole rings is 1. The Hall–Kier alpha value is -1.57. The van der Waals surface area contributed by atoms with Crippen molar-refractivity contribution >= 4 is 49.0 Å². The highest BCUT2D eigenvalue weighted by Crippen LogP contribution is 2.30. The summed E-state index contributed by atoms with van der Waals surface area (Å²) in [5.74, 6) is -0.0305. The third-order valence-corrected chi connectivity index (χ3v) is 6.91. The van der Waals surface area contributed by atoms with Gasteiger partial charge in [0.05, 0.1) is 21.7 Å². The van der Waals surface area contributed by atoms with Crippen molar-refractivity contribution in [3.63, 3.8) is 0 Å². The molecule has 0 aliphatic carbocycles. The third-order valence-electron chi connectivity index (χ3n) is 3.67. The fourth-order valence-corrected chi connectivity index (χ4v) is 5.24. The van der Waals surface area contributed by atoms with E-state index in [1.54, 1.807) is 29.2 Å². The van der Waals surface area contributed by atoms with E-state index < -0.39 is 10.0 Å². The van der Waals surface area contributed by atoms with Gasteiger partial charge in [-0.1, -0.05) is 35.5 Å². The topological polar surface area (TPSA) is 59.1 Å². The van der Waals surface area contributed by atoms with E-state index in [2.05, 4.69) is 9.71 Å². The number of nitrogens with zero attached hydrogens (tertiary/aromatic N) is 1. The lowest BCUT2D eigenvalue weighted by Gasteiger charge is -2.10. The second-order valence-electron chi connectivity index (χ2n) is 5.66. The Bertz CT molecular complexity index is 994. The zero-order valence-electron chi connectivity index (χ0n) is 13.7. The average molecular weight is 379 g/mol. The van der Waals surface area contributed by atoms with E-state index in [9.17, 15) is 8.42 Å². The van der Waals surface area contributed by atoms with Gasteiger partial charge in [-0.05, 0) is 49.4 Å². The summed E-state index contributed by atoms with van der Waals surface area (Å²) in [7, 11) is -3.47. The predicted octanol–water partition coefficient (Wildman–Crippen LogP) is 4.58. The molecule has 3 rings (SSSR count). The molecule has 2 aromatic carbocycles. The molecule has 0 aliphatic heterocycles. The summed E-state index contributed by atoms with van der Waals surface area (Å²) in [6.07, 6.45) is 1.98. The Balaban J connectivity index is 1.84. The maximum atomic E-state index is 12.5. The first-order chi connectivity index (χ1) is 11.4. The molecule has 0 saturated carbocycles. The molecule has 0 amide bonds. The summed E-state index contributed by atoms with van der Waals surface area (Å²) in [6, 6.07) is 11.3. The van der Waals surface area contributed by atoms with E-state index in [0.717, 1.165) is 31.2 Å². The minimum Gasteiger partial charge on any atom is -0.283 e. The number of thioether (sulfide) groups is 1. The van der Waals surface area contributed by atoms with E-state index in [1.807, 2.05) is 50.4 Å². The normalized spacial score (nSPS) is 11.8. The van der Waals surface area contributed by atoms with Crippen LogP contribution in [0.3, 0.4) is 0 Å². The largest absolute Gasteiger partial charge is 0.283 e. The molecule has 1 heterocycles. The van der Waals surface area contributed by atoms with Gasteiger partial charge in [0, 0.05) is 0 Å². The highest BCUT2D eigenvalue weighted by atomic mass is 32.2. The highest BCUT2D eigenvalue weighted by molar-refractivity contribution is 8.00. The van der Waals surface area contributed by atoms with Crippen LogP contribution in [0.4, 0.5) is 5.69 Å². The van der Waals surface area contributed by atoms with Crippen molar-refractivity contribution in [2.24, 2.45) is 0 Å². The van der Waals surface area contributed by atoms with Crippen LogP contribution < -0.4 is 4.72 Å². The van der Waals surface area contributed by atoms with Crippen molar-refractivity contribution in [2.45, 2.75) is 23.9 Å². The standard InChI is InChI=1S/C17H18N2O2S3/c1-11-4-5-12(2)13(8-11)10-24(20,21)19-14-6-7-15-16(9-14)23-17(18-15)22-3/h4-9,19H,10H2,1-3H3. The van der Waals surface area contributed by atoms with Crippen molar-refractivity contribution in [1.82, 2.24) is 4.98 Å². The van der Waals surface area contributed by atoms with E-state index in [1.165, 1.54) is 0 Å². The van der Waals surface area contributed by atoms with Gasteiger partial charge in [0.25, 0.3) is 0 Å². The second-order valence-corrected chi connectivity index (χ2v) is 9.46. The number of benzene rings is 2. The summed E-state index contributed by atoms with van der Waals surface area (Å²) in [5, 5.41) is 0. The molecule has 7 heteroatoms. The summed E-state index contributed by atoms with van der Waals surface area (Å²) in [4.78, 5) is 4.46. The molecule has 0 spiro atoms. The summed E-state index contributed by atoms with van der Waals surface area (Å²) in [6.45, 7) is 3.89. The number of aromatic nitrogens is 1. The monoisotopic (exact) mass is 378 g/mol. The van der Waals surface area contributed by atoms with E-state index in [0.29, 0.717) is 5.69 Å². The first-order valence-corrected chi connectivity index (χ1v) is 11.1. The van der Waals surface area contributed by atoms with Gasteiger partial charge in [-0.2, -0.15) is 0 Å². The maximum absolute atomic E-state index is 12.5. The molecule has 24 heavy (non-hydrogen) atoms. The Morgan fingerprint density at radius 3 is 2.71 bits per heavy atom. The van der Waals surface area contributed by atoms with Crippen molar-refractivity contribution in [3.8, 4) is 0 Å². The molecular formula is C17H18N2O2S3. The number of nitrogens with one attached hydrogen (secondary N) is 1. The first-order valence-electron chi connectivity index (χ1n) is 7.37. The number of sulfonamides is 1. The van der Waals surface area contributed by atoms with Gasteiger partial charge in [-0.25, -0.2) is 13.4 Å². The third kappa shape index (κ3) is 3.91. The van der Waals surface area contributed by atoms with Gasteiger partial charge in [0.2, 0.25) is 10.0 Å². The predicted molar refractivity (Wildman–Crippen MR) is 104 cm³/mol. The molecule has 0 atom stereocenters. The smallest absolute Gasteiger partial charge is 0.236 e. The second kappa shape index (κ2) is 6.74. The average Bonchev–Trinajstić information content (AvgIpc) is 2.92. The number of fused-ring (bicyclic) bond motifs is 1. The molecule has 1 N–H and O–H groups in total. The van der Waals surface area contributed by atoms with Crippen LogP contribution in [-0.2, 0) is 15.8 Å². The van der Waals surface area contributed by atoms with Crippen LogP contribution in [0.15, 0.2) is 40.7 Å². The van der Waals surface area contributed by atoms with Gasteiger partial charge in [0.15, 0.2) is 4.34 Å². The van der Waals surface area contributed by atoms with Gasteiger partial charge in [-0.15, -0.1) is 11.3 Å². The molecule has 0 bridgehead atoms. The van der Waals surface area contributed by atoms with Crippen LogP contribution in [0.5, 0.6) is 0 Å². The van der Waals surface area contributed by atoms with Crippen LogP contribution in [0.1, 0.15) is 16.7 Å². The molecule has 0 fully saturated rings. The van der Waals surface area contributed by atoms with Gasteiger partial charge < -0.3 is 0 Å². The summed E-state index contributed by atoms with van der Waals surface area (Å²) in [5.41, 5.74) is 4.33. The maximum Gasteiger partial charge on any atom is 0.236 e. The molecule has 3 aromatic rings. The summed E-state index contributed by atoms with van der Waals surface area (Å²) < 4.78 is 29.6. The van der Waals surface area contributed by atoms with Crippen LogP contribution in [0.2, 0.25) is 0 Å². The van der Waals surface area contributed by atoms with Crippen LogP contribution in [0.25, 0.3) is 10.2 Å². The SMILES string of the molecule is CSc1nc2ccc(NS(=O)(=O)Cc3cc(C)ccc3C)cc2s1. The van der Waals surface area contributed by atoms with Crippen molar-refractivity contribution < 1.29 is 8.42 Å². The summed E-state index contributed by atoms with van der Waals surface area (Å²) >= 11 is 3.15. The number of rotatable bonds is 5. The first kappa shape index (κ1) is 17.3. The molecule has 0 aliphatic rings. The van der Waals surface area contributed by atoms with Gasteiger partial charge >= 0.3 is 0 Å². The minimum atomic E-state index is -3.47. The molecule has 126 valence electrons. The number of hydrogen-bond acceptors (Lipinski definition) is 5. The lowest BCUT2D eigenvalue weighted by molar-refractivity contribution is 0.600. The lowest BCUT2D eigenvalue weighted by atomic mass is 10.1. The lowest BCUT2D eigenvalue weighted by Crippen LogP contribution is -2.15. The van der Waals surface area contributed by atoms with Crippen LogP contribution in [-0.4, -0.2) is 19.7 Å². The quantitative estimate of drug-likeness (QED) is 0.660. The van der Waals surface area contributed by atoms with Crippen molar-refractivity contribution in [2.75, 3.05) is 11.0 Å². The van der Waals surface area contributed by atoms with Crippen LogP contribution >= 0.6 is 23.1 Å². The van der Waals surface area contributed by atoms with Crippen molar-refractivity contribution in [3.05, 3.63) is 53.1 Å². The fourth-order valence-electron chi connectivity index (χ4n) is 2.43. The van der Waals surface area contributed by atoms with E-state index in [4.69, 9.17) is 0 Å². The molecule has 4 nitrogen and oxygen atoms in total. The Kier molecular flexibility index (Phi) is 4.85. The minimum absolute atomic E-state index is 0.0305. The Morgan fingerprint density at radius 1 is 1.17 bits per heavy atom. The zero-order valence-corrected chi connectivity index (χ0v) is 16.1. The zero-order chi connectivity index (χ0) is 17.3. The highest BCUT2D eigenvalue weighted by Gasteiger charge is 2.14. The molecule has 1 aromatic heterocycles. The Morgan fingerprint density at radius 2 is 1.96 bits per heavy atom. The Labute approximate surface area is 150 Å². The number of aryl methyl sites for hydroxylation is 2. The van der Waals surface area contributed by atoms with E-state index >= 15 is 0 Å². The van der Waals surface area contributed by atoms with Crippen LogP contribution in [0, 0.1) is 13.8 Å². The van der Waals surface area contributed by atoms with Gasteiger partial charge in [0.1, 0.15) is 0 Å². The number of hydrogen-bond donors (Lipinski definition) is 1. The van der Waals surface area contributed by atoms with E-state index in [-0.39, 0.29) is 5.75 Å². The number of anilines is 1.